The Morgan fingerprint density at radius 3 is 3.27 bits per heavy atom. The average Bonchev–Trinajstić information content (AvgIpc) is 2.69. The molecule has 0 spiro atoms. The highest BCUT2D eigenvalue weighted by molar-refractivity contribution is 7.11. The number of nitrogens with zero attached hydrogens (tertiary/aromatic N) is 1. The number of aromatic nitrogens is 1. The summed E-state index contributed by atoms with van der Waals surface area (Å²) >= 11 is 1.89. The average molecular weight is 222 g/mol. The summed E-state index contributed by atoms with van der Waals surface area (Å²) in [5, 5.41) is 4.80. The summed E-state index contributed by atoms with van der Waals surface area (Å²) in [4.78, 5) is 6.15. The van der Waals surface area contributed by atoms with Gasteiger partial charge in [0.1, 0.15) is 0 Å². The Balaban J connectivity index is 2.17. The molecule has 2 nitrogen and oxygen atoms in total. The van der Waals surface area contributed by atoms with Crippen molar-refractivity contribution in [2.24, 2.45) is 0 Å². The maximum absolute atomic E-state index is 4.68. The van der Waals surface area contributed by atoms with Gasteiger partial charge in [0.05, 0.1) is 10.7 Å². The van der Waals surface area contributed by atoms with Crippen LogP contribution < -0.4 is 5.32 Å². The van der Waals surface area contributed by atoms with Crippen LogP contribution in [-0.4, -0.2) is 11.5 Å². The minimum atomic E-state index is 0.518. The first-order valence-corrected chi connectivity index (χ1v) is 6.49. The molecule has 0 aromatic carbocycles. The lowest BCUT2D eigenvalue weighted by molar-refractivity contribution is 0.485. The van der Waals surface area contributed by atoms with Crippen molar-refractivity contribution in [2.75, 3.05) is 6.54 Å². The molecule has 0 radical (unpaired) electrons. The third-order valence-corrected chi connectivity index (χ3v) is 4.16. The summed E-state index contributed by atoms with van der Waals surface area (Å²) in [7, 11) is 0. The fourth-order valence-electron chi connectivity index (χ4n) is 2.04. The van der Waals surface area contributed by atoms with Crippen LogP contribution in [0.5, 0.6) is 0 Å². The van der Waals surface area contributed by atoms with E-state index in [2.05, 4.69) is 23.8 Å². The first-order chi connectivity index (χ1) is 7.35. The number of thiazole rings is 1. The van der Waals surface area contributed by atoms with Crippen molar-refractivity contribution in [1.82, 2.24) is 10.3 Å². The summed E-state index contributed by atoms with van der Waals surface area (Å²) in [6.45, 7) is 6.82. The SMILES string of the molecule is C=CCNC1CCCc2nc(CC)sc21. The van der Waals surface area contributed by atoms with Crippen molar-refractivity contribution in [2.45, 2.75) is 38.6 Å². The van der Waals surface area contributed by atoms with Crippen LogP contribution in [0, 0.1) is 0 Å². The predicted octanol–water partition coefficient (Wildman–Crippen LogP) is 2.86. The van der Waals surface area contributed by atoms with Crippen molar-refractivity contribution in [3.05, 3.63) is 28.2 Å². The molecule has 1 unspecified atom stereocenters. The van der Waals surface area contributed by atoms with Gasteiger partial charge < -0.3 is 5.32 Å². The molecule has 0 aliphatic heterocycles. The maximum Gasteiger partial charge on any atom is 0.0928 e. The van der Waals surface area contributed by atoms with Crippen molar-refractivity contribution in [3.8, 4) is 0 Å². The van der Waals surface area contributed by atoms with Gasteiger partial charge in [-0.3, -0.25) is 0 Å². The highest BCUT2D eigenvalue weighted by Gasteiger charge is 2.23. The molecule has 1 aliphatic rings. The van der Waals surface area contributed by atoms with Gasteiger partial charge in [0.2, 0.25) is 0 Å². The van der Waals surface area contributed by atoms with Crippen molar-refractivity contribution in [3.63, 3.8) is 0 Å². The summed E-state index contributed by atoms with van der Waals surface area (Å²) in [5.41, 5.74) is 1.34. The van der Waals surface area contributed by atoms with Gasteiger partial charge in [0.15, 0.2) is 0 Å². The summed E-state index contributed by atoms with van der Waals surface area (Å²) in [6.07, 6.45) is 6.65. The lowest BCUT2D eigenvalue weighted by atomic mass is 9.98. The van der Waals surface area contributed by atoms with Crippen LogP contribution >= 0.6 is 11.3 Å². The molecule has 1 aromatic rings. The van der Waals surface area contributed by atoms with E-state index < -0.39 is 0 Å². The van der Waals surface area contributed by atoms with E-state index in [4.69, 9.17) is 0 Å². The first-order valence-electron chi connectivity index (χ1n) is 5.68. The van der Waals surface area contributed by atoms with Gasteiger partial charge in [-0.2, -0.15) is 0 Å². The van der Waals surface area contributed by atoms with Crippen LogP contribution in [0.15, 0.2) is 12.7 Å². The Labute approximate surface area is 95.4 Å². The standard InChI is InChI=1S/C12H18N2S/c1-3-8-13-9-6-5-7-10-12(9)15-11(4-2)14-10/h3,9,13H,1,4-8H2,2H3. The normalized spacial score (nSPS) is 19.9. The lowest BCUT2D eigenvalue weighted by Crippen LogP contribution is -2.24. The van der Waals surface area contributed by atoms with Gasteiger partial charge in [-0.15, -0.1) is 17.9 Å². The number of nitrogens with one attached hydrogen (secondary N) is 1. The maximum atomic E-state index is 4.68. The summed E-state index contributed by atoms with van der Waals surface area (Å²) in [6, 6.07) is 0.518. The van der Waals surface area contributed by atoms with Crippen molar-refractivity contribution in [1.29, 1.82) is 0 Å². The van der Waals surface area contributed by atoms with Crippen molar-refractivity contribution >= 4 is 11.3 Å². The zero-order valence-corrected chi connectivity index (χ0v) is 10.1. The topological polar surface area (TPSA) is 24.9 Å². The lowest BCUT2D eigenvalue weighted by Gasteiger charge is -2.21. The molecule has 0 amide bonds. The van der Waals surface area contributed by atoms with Crippen LogP contribution in [0.2, 0.25) is 0 Å². The molecular weight excluding hydrogens is 204 g/mol. The van der Waals surface area contributed by atoms with E-state index in [1.807, 2.05) is 17.4 Å². The Morgan fingerprint density at radius 1 is 1.67 bits per heavy atom. The number of hydrogen-bond acceptors (Lipinski definition) is 3. The van der Waals surface area contributed by atoms with E-state index in [0.717, 1.165) is 19.4 Å². The fourth-order valence-corrected chi connectivity index (χ4v) is 3.20. The van der Waals surface area contributed by atoms with Crippen LogP contribution in [0.25, 0.3) is 0 Å². The second-order valence-corrected chi connectivity index (χ2v) is 5.03. The number of fused-ring (bicyclic) bond motifs is 1. The Hall–Kier alpha value is -0.670. The minimum Gasteiger partial charge on any atom is -0.306 e. The van der Waals surface area contributed by atoms with Crippen LogP contribution in [-0.2, 0) is 12.8 Å². The van der Waals surface area contributed by atoms with Gasteiger partial charge >= 0.3 is 0 Å². The quantitative estimate of drug-likeness (QED) is 0.792. The van der Waals surface area contributed by atoms with Crippen LogP contribution in [0.3, 0.4) is 0 Å². The van der Waals surface area contributed by atoms with Crippen LogP contribution in [0.1, 0.15) is 41.4 Å². The molecule has 2 rings (SSSR count). The van der Waals surface area contributed by atoms with E-state index in [1.54, 1.807) is 0 Å². The van der Waals surface area contributed by atoms with Gasteiger partial charge in [-0.05, 0) is 25.7 Å². The zero-order valence-electron chi connectivity index (χ0n) is 9.25. The van der Waals surface area contributed by atoms with E-state index in [-0.39, 0.29) is 0 Å². The van der Waals surface area contributed by atoms with Gasteiger partial charge in [-0.25, -0.2) is 4.98 Å². The second-order valence-electron chi connectivity index (χ2n) is 3.91. The first kappa shape index (κ1) is 10.8. The Morgan fingerprint density at radius 2 is 2.53 bits per heavy atom. The van der Waals surface area contributed by atoms with Gasteiger partial charge in [-0.1, -0.05) is 13.0 Å². The smallest absolute Gasteiger partial charge is 0.0928 e. The molecule has 0 saturated carbocycles. The van der Waals surface area contributed by atoms with E-state index in [0.29, 0.717) is 6.04 Å². The molecule has 15 heavy (non-hydrogen) atoms. The molecule has 0 bridgehead atoms. The highest BCUT2D eigenvalue weighted by atomic mass is 32.1. The molecule has 82 valence electrons. The van der Waals surface area contributed by atoms with Gasteiger partial charge in [0.25, 0.3) is 0 Å². The third kappa shape index (κ3) is 2.29. The zero-order chi connectivity index (χ0) is 10.7. The molecule has 3 heteroatoms. The molecule has 0 fully saturated rings. The number of hydrogen-bond donors (Lipinski definition) is 1. The third-order valence-electron chi connectivity index (χ3n) is 2.81. The molecule has 1 heterocycles. The Bertz CT molecular complexity index is 343. The number of aryl methyl sites for hydroxylation is 2. The van der Waals surface area contributed by atoms with Crippen LogP contribution in [0.4, 0.5) is 0 Å². The summed E-state index contributed by atoms with van der Waals surface area (Å²) < 4.78 is 0. The molecule has 1 atom stereocenters. The second kappa shape index (κ2) is 4.90. The number of rotatable bonds is 4. The van der Waals surface area contributed by atoms with Crippen molar-refractivity contribution < 1.29 is 0 Å². The van der Waals surface area contributed by atoms with E-state index >= 15 is 0 Å². The minimum absolute atomic E-state index is 0.518. The molecule has 1 aliphatic carbocycles. The van der Waals surface area contributed by atoms with E-state index in [9.17, 15) is 0 Å². The fraction of sp³-hybridized carbons (Fsp3) is 0.583. The molecule has 1 N–H and O–H groups in total. The summed E-state index contributed by atoms with van der Waals surface area (Å²) in [5.74, 6) is 0. The largest absolute Gasteiger partial charge is 0.306 e. The molecule has 0 saturated heterocycles. The monoisotopic (exact) mass is 222 g/mol. The van der Waals surface area contributed by atoms with Gasteiger partial charge in [0, 0.05) is 17.5 Å². The molecule has 1 aromatic heterocycles. The molecular formula is C12H18N2S. The Kier molecular flexibility index (Phi) is 3.54. The predicted molar refractivity (Wildman–Crippen MR) is 65.4 cm³/mol. The van der Waals surface area contributed by atoms with E-state index in [1.165, 1.54) is 28.4 Å². The highest BCUT2D eigenvalue weighted by Crippen LogP contribution is 2.34.